The highest BCUT2D eigenvalue weighted by Crippen LogP contribution is 2.29. The topological polar surface area (TPSA) is 12.4 Å². The van der Waals surface area contributed by atoms with Crippen molar-refractivity contribution in [2.24, 2.45) is 4.99 Å². The number of rotatable bonds is 2. The van der Waals surface area contributed by atoms with Gasteiger partial charge in [-0.15, -0.1) is 0 Å². The molecule has 1 aromatic heterocycles. The molecule has 0 radical (unpaired) electrons. The molecule has 17 heavy (non-hydrogen) atoms. The second-order valence-corrected chi connectivity index (χ2v) is 5.22. The summed E-state index contributed by atoms with van der Waals surface area (Å²) in [6, 6.07) is 8.61. The van der Waals surface area contributed by atoms with Crippen LogP contribution in [0, 0.1) is 0 Å². The molecule has 3 rings (SSSR count). The Morgan fingerprint density at radius 1 is 1.12 bits per heavy atom. The van der Waals surface area contributed by atoms with Crippen molar-refractivity contribution in [3.63, 3.8) is 0 Å². The lowest BCUT2D eigenvalue weighted by molar-refractivity contribution is 0.686. The van der Waals surface area contributed by atoms with E-state index in [1.807, 2.05) is 6.21 Å². The minimum atomic E-state index is 1.16. The number of hydrogen-bond acceptors (Lipinski definition) is 2. The van der Waals surface area contributed by atoms with Crippen LogP contribution in [0.3, 0.4) is 0 Å². The third kappa shape index (κ3) is 2.32. The number of thiophene rings is 1. The van der Waals surface area contributed by atoms with E-state index < -0.39 is 0 Å². The van der Waals surface area contributed by atoms with Gasteiger partial charge in [-0.2, -0.15) is 11.3 Å². The molecule has 0 N–H and O–H groups in total. The molecule has 1 heterocycles. The average molecular weight is 241 g/mol. The summed E-state index contributed by atoms with van der Waals surface area (Å²) in [5, 5.41) is 4.21. The lowest BCUT2D eigenvalue weighted by Crippen LogP contribution is -2.02. The van der Waals surface area contributed by atoms with E-state index in [2.05, 4.69) is 40.0 Å². The highest BCUT2D eigenvalue weighted by molar-refractivity contribution is 7.08. The Balaban J connectivity index is 1.93. The fourth-order valence-corrected chi connectivity index (χ4v) is 2.99. The third-order valence-electron chi connectivity index (χ3n) is 3.27. The zero-order valence-corrected chi connectivity index (χ0v) is 10.5. The van der Waals surface area contributed by atoms with Gasteiger partial charge < -0.3 is 0 Å². The van der Waals surface area contributed by atoms with Crippen molar-refractivity contribution in [2.45, 2.75) is 25.7 Å². The molecule has 0 atom stereocenters. The summed E-state index contributed by atoms with van der Waals surface area (Å²) in [7, 11) is 0. The van der Waals surface area contributed by atoms with E-state index in [-0.39, 0.29) is 0 Å². The van der Waals surface area contributed by atoms with Gasteiger partial charge in [0.25, 0.3) is 0 Å². The maximum atomic E-state index is 4.64. The molecular formula is C15H15NS. The Bertz CT molecular complexity index is 526. The van der Waals surface area contributed by atoms with Gasteiger partial charge in [0.05, 0.1) is 5.69 Å². The summed E-state index contributed by atoms with van der Waals surface area (Å²) in [6.45, 7) is 0. The minimum Gasteiger partial charge on any atom is -0.256 e. The molecule has 0 unspecified atom stereocenters. The molecule has 1 aliphatic carbocycles. The largest absolute Gasteiger partial charge is 0.256 e. The Kier molecular flexibility index (Phi) is 3.06. The van der Waals surface area contributed by atoms with Gasteiger partial charge in [-0.25, -0.2) is 0 Å². The summed E-state index contributed by atoms with van der Waals surface area (Å²) in [4.78, 5) is 4.64. The van der Waals surface area contributed by atoms with Crippen molar-refractivity contribution in [3.05, 3.63) is 51.7 Å². The van der Waals surface area contributed by atoms with Crippen LogP contribution in [0.1, 0.15) is 29.5 Å². The fraction of sp³-hybridized carbons (Fsp3) is 0.267. The van der Waals surface area contributed by atoms with Crippen LogP contribution in [0.2, 0.25) is 0 Å². The van der Waals surface area contributed by atoms with Gasteiger partial charge >= 0.3 is 0 Å². The zero-order chi connectivity index (χ0) is 11.5. The normalized spacial score (nSPS) is 15.1. The van der Waals surface area contributed by atoms with Gasteiger partial charge in [-0.1, -0.05) is 12.1 Å². The van der Waals surface area contributed by atoms with E-state index >= 15 is 0 Å². The van der Waals surface area contributed by atoms with Crippen molar-refractivity contribution in [1.29, 1.82) is 0 Å². The van der Waals surface area contributed by atoms with Crippen LogP contribution in [-0.2, 0) is 12.8 Å². The lowest BCUT2D eigenvalue weighted by Gasteiger charge is -2.16. The van der Waals surface area contributed by atoms with Crippen LogP contribution < -0.4 is 0 Å². The lowest BCUT2D eigenvalue weighted by atomic mass is 9.90. The second kappa shape index (κ2) is 4.84. The quantitative estimate of drug-likeness (QED) is 0.692. The van der Waals surface area contributed by atoms with E-state index in [4.69, 9.17) is 0 Å². The van der Waals surface area contributed by atoms with E-state index in [1.54, 1.807) is 11.3 Å². The summed E-state index contributed by atoms with van der Waals surface area (Å²) in [6.07, 6.45) is 7.01. The first-order chi connectivity index (χ1) is 8.43. The van der Waals surface area contributed by atoms with Crippen LogP contribution in [0.25, 0.3) is 0 Å². The van der Waals surface area contributed by atoms with Gasteiger partial charge in [0, 0.05) is 11.8 Å². The molecule has 0 spiro atoms. The van der Waals surface area contributed by atoms with E-state index in [1.165, 1.54) is 42.4 Å². The molecule has 0 fully saturated rings. The van der Waals surface area contributed by atoms with E-state index in [0.29, 0.717) is 0 Å². The Labute approximate surface area is 106 Å². The number of hydrogen-bond donors (Lipinski definition) is 0. The number of aliphatic imine (C=N–C) groups is 1. The van der Waals surface area contributed by atoms with Crippen molar-refractivity contribution >= 4 is 23.2 Å². The Hall–Kier alpha value is -1.41. The SMILES string of the molecule is C(=Nc1cccc2c1CCCC2)c1ccsc1. The summed E-state index contributed by atoms with van der Waals surface area (Å²) in [5.74, 6) is 0. The standard InChI is InChI=1S/C15H15NS/c1-2-6-14-13(4-1)5-3-7-15(14)16-10-12-8-9-17-11-12/h3,5,7-11H,1-2,4,6H2. The third-order valence-corrected chi connectivity index (χ3v) is 3.97. The molecule has 86 valence electrons. The summed E-state index contributed by atoms with van der Waals surface area (Å²) >= 11 is 1.71. The second-order valence-electron chi connectivity index (χ2n) is 4.44. The molecule has 0 bridgehead atoms. The zero-order valence-electron chi connectivity index (χ0n) is 9.73. The monoisotopic (exact) mass is 241 g/mol. The van der Waals surface area contributed by atoms with Crippen LogP contribution in [0.4, 0.5) is 5.69 Å². The van der Waals surface area contributed by atoms with Gasteiger partial charge in [-0.05, 0) is 59.7 Å². The first kappa shape index (κ1) is 10.7. The first-order valence-electron chi connectivity index (χ1n) is 6.10. The fourth-order valence-electron chi connectivity index (χ4n) is 2.37. The molecule has 0 saturated heterocycles. The molecule has 1 aliphatic rings. The van der Waals surface area contributed by atoms with Crippen LogP contribution in [-0.4, -0.2) is 6.21 Å². The predicted octanol–water partition coefficient (Wildman–Crippen LogP) is 4.38. The van der Waals surface area contributed by atoms with Crippen molar-refractivity contribution in [1.82, 2.24) is 0 Å². The maximum absolute atomic E-state index is 4.64. The number of benzene rings is 1. The molecule has 2 heteroatoms. The molecule has 0 saturated carbocycles. The van der Waals surface area contributed by atoms with Crippen LogP contribution in [0.15, 0.2) is 40.0 Å². The summed E-state index contributed by atoms with van der Waals surface area (Å²) in [5.41, 5.74) is 5.32. The smallest absolute Gasteiger partial charge is 0.0664 e. The predicted molar refractivity (Wildman–Crippen MR) is 74.7 cm³/mol. The molecule has 0 amide bonds. The van der Waals surface area contributed by atoms with Gasteiger partial charge in [0.15, 0.2) is 0 Å². The molecule has 2 aromatic rings. The average Bonchev–Trinajstić information content (AvgIpc) is 2.89. The van der Waals surface area contributed by atoms with E-state index in [0.717, 1.165) is 5.69 Å². The number of aryl methyl sites for hydroxylation is 1. The highest BCUT2D eigenvalue weighted by Gasteiger charge is 2.11. The van der Waals surface area contributed by atoms with Gasteiger partial charge in [-0.3, -0.25) is 4.99 Å². The molecule has 0 aliphatic heterocycles. The van der Waals surface area contributed by atoms with Gasteiger partial charge in [0.1, 0.15) is 0 Å². The first-order valence-corrected chi connectivity index (χ1v) is 7.05. The van der Waals surface area contributed by atoms with Crippen molar-refractivity contribution < 1.29 is 0 Å². The van der Waals surface area contributed by atoms with Crippen LogP contribution >= 0.6 is 11.3 Å². The van der Waals surface area contributed by atoms with Crippen LogP contribution in [0.5, 0.6) is 0 Å². The summed E-state index contributed by atoms with van der Waals surface area (Å²) < 4.78 is 0. The number of nitrogens with zero attached hydrogens (tertiary/aromatic N) is 1. The molecular weight excluding hydrogens is 226 g/mol. The minimum absolute atomic E-state index is 1.16. The van der Waals surface area contributed by atoms with Gasteiger partial charge in [0.2, 0.25) is 0 Å². The number of fused-ring (bicyclic) bond motifs is 1. The Morgan fingerprint density at radius 2 is 2.06 bits per heavy atom. The van der Waals surface area contributed by atoms with Crippen molar-refractivity contribution in [3.8, 4) is 0 Å². The van der Waals surface area contributed by atoms with Crippen molar-refractivity contribution in [2.75, 3.05) is 0 Å². The molecule has 1 aromatic carbocycles. The Morgan fingerprint density at radius 3 is 2.94 bits per heavy atom. The molecule has 1 nitrogen and oxygen atoms in total. The highest BCUT2D eigenvalue weighted by atomic mass is 32.1. The van der Waals surface area contributed by atoms with E-state index in [9.17, 15) is 0 Å². The maximum Gasteiger partial charge on any atom is 0.0664 e.